The number of hydrogen-bond acceptors (Lipinski definition) is 3. The van der Waals surface area contributed by atoms with Crippen molar-refractivity contribution in [1.82, 2.24) is 4.90 Å². The summed E-state index contributed by atoms with van der Waals surface area (Å²) in [6.07, 6.45) is -0.765. The van der Waals surface area contributed by atoms with Gasteiger partial charge in [-0.3, -0.25) is 4.90 Å². The van der Waals surface area contributed by atoms with Crippen LogP contribution in [0.1, 0.15) is 39.3 Å². The number of ether oxygens (including phenoxy) is 1. The first kappa shape index (κ1) is 18.4. The standard InChI is InChI=1S/C15H19BrFNO4/c1-5-18(14(21)22-15(2,3)4)12(13(19)20)10-8-9(17)6-7-11(10)16/h6-8,12H,5H2,1-4H3,(H,19,20). The van der Waals surface area contributed by atoms with E-state index in [1.165, 1.54) is 12.1 Å². The quantitative estimate of drug-likeness (QED) is 0.864. The van der Waals surface area contributed by atoms with Crippen LogP contribution in [0.5, 0.6) is 0 Å². The van der Waals surface area contributed by atoms with E-state index in [4.69, 9.17) is 4.74 Å². The summed E-state index contributed by atoms with van der Waals surface area (Å²) in [6.45, 7) is 6.80. The van der Waals surface area contributed by atoms with Gasteiger partial charge in [-0.15, -0.1) is 0 Å². The molecule has 0 heterocycles. The molecule has 0 aliphatic rings. The van der Waals surface area contributed by atoms with E-state index in [0.717, 1.165) is 11.0 Å². The third kappa shape index (κ3) is 4.69. The number of aliphatic carboxylic acids is 1. The molecule has 0 radical (unpaired) electrons. The van der Waals surface area contributed by atoms with Gasteiger partial charge < -0.3 is 9.84 Å². The molecular formula is C15H19BrFNO4. The smallest absolute Gasteiger partial charge is 0.411 e. The van der Waals surface area contributed by atoms with E-state index in [1.807, 2.05) is 0 Å². The van der Waals surface area contributed by atoms with Crippen molar-refractivity contribution in [2.24, 2.45) is 0 Å². The highest BCUT2D eigenvalue weighted by molar-refractivity contribution is 9.10. The van der Waals surface area contributed by atoms with Crippen molar-refractivity contribution in [3.8, 4) is 0 Å². The van der Waals surface area contributed by atoms with Crippen LogP contribution in [0.4, 0.5) is 9.18 Å². The predicted octanol–water partition coefficient (Wildman–Crippen LogP) is 3.97. The van der Waals surface area contributed by atoms with Crippen LogP contribution in [-0.4, -0.2) is 34.2 Å². The molecule has 1 atom stereocenters. The molecule has 22 heavy (non-hydrogen) atoms. The third-order valence-electron chi connectivity index (χ3n) is 2.77. The minimum atomic E-state index is -1.34. The first-order valence-electron chi connectivity index (χ1n) is 6.74. The zero-order valence-electron chi connectivity index (χ0n) is 12.9. The summed E-state index contributed by atoms with van der Waals surface area (Å²) in [5.41, 5.74) is -0.604. The van der Waals surface area contributed by atoms with E-state index in [1.54, 1.807) is 27.7 Å². The minimum absolute atomic E-state index is 0.106. The molecule has 0 fully saturated rings. The Morgan fingerprint density at radius 1 is 1.41 bits per heavy atom. The van der Waals surface area contributed by atoms with Gasteiger partial charge in [0, 0.05) is 16.6 Å². The summed E-state index contributed by atoms with van der Waals surface area (Å²) in [5, 5.41) is 9.50. The van der Waals surface area contributed by atoms with Crippen LogP contribution in [-0.2, 0) is 9.53 Å². The van der Waals surface area contributed by atoms with Crippen molar-refractivity contribution in [3.05, 3.63) is 34.1 Å². The van der Waals surface area contributed by atoms with Crippen LogP contribution >= 0.6 is 15.9 Å². The first-order chi connectivity index (χ1) is 10.1. The van der Waals surface area contributed by atoms with Crippen molar-refractivity contribution in [2.45, 2.75) is 39.3 Å². The summed E-state index contributed by atoms with van der Waals surface area (Å²) >= 11 is 3.20. The van der Waals surface area contributed by atoms with Gasteiger partial charge in [0.2, 0.25) is 0 Å². The van der Waals surface area contributed by atoms with Crippen molar-refractivity contribution in [3.63, 3.8) is 0 Å². The van der Waals surface area contributed by atoms with Gasteiger partial charge in [-0.25, -0.2) is 14.0 Å². The lowest BCUT2D eigenvalue weighted by Gasteiger charge is -2.31. The molecule has 0 spiro atoms. The Kier molecular flexibility index (Phi) is 5.93. The number of amides is 1. The number of benzene rings is 1. The number of rotatable bonds is 4. The zero-order chi connectivity index (χ0) is 17.1. The monoisotopic (exact) mass is 375 g/mol. The van der Waals surface area contributed by atoms with Crippen molar-refractivity contribution >= 4 is 28.0 Å². The fourth-order valence-corrected chi connectivity index (χ4v) is 2.36. The summed E-state index contributed by atoms with van der Waals surface area (Å²) in [4.78, 5) is 24.9. The van der Waals surface area contributed by atoms with Crippen molar-refractivity contribution in [2.75, 3.05) is 6.54 Å². The van der Waals surface area contributed by atoms with Crippen molar-refractivity contribution in [1.29, 1.82) is 0 Å². The second-order valence-electron chi connectivity index (χ2n) is 5.67. The van der Waals surface area contributed by atoms with E-state index in [0.29, 0.717) is 4.47 Å². The zero-order valence-corrected chi connectivity index (χ0v) is 14.5. The predicted molar refractivity (Wildman–Crippen MR) is 83.1 cm³/mol. The van der Waals surface area contributed by atoms with Crippen LogP contribution in [0.3, 0.4) is 0 Å². The van der Waals surface area contributed by atoms with Crippen LogP contribution in [0.25, 0.3) is 0 Å². The highest BCUT2D eigenvalue weighted by atomic mass is 79.9. The molecule has 1 unspecified atom stereocenters. The van der Waals surface area contributed by atoms with Crippen LogP contribution in [0.2, 0.25) is 0 Å². The summed E-state index contributed by atoms with van der Waals surface area (Å²) in [6, 6.07) is 2.36. The molecule has 122 valence electrons. The number of carbonyl (C=O) groups excluding carboxylic acids is 1. The van der Waals surface area contributed by atoms with Gasteiger partial charge in [-0.2, -0.15) is 0 Å². The molecule has 0 saturated heterocycles. The molecule has 1 aromatic carbocycles. The highest BCUT2D eigenvalue weighted by Gasteiger charge is 2.34. The van der Waals surface area contributed by atoms with Crippen molar-refractivity contribution < 1.29 is 23.8 Å². The van der Waals surface area contributed by atoms with E-state index in [9.17, 15) is 19.1 Å². The fourth-order valence-electron chi connectivity index (χ4n) is 1.90. The second-order valence-corrected chi connectivity index (χ2v) is 6.53. The maximum Gasteiger partial charge on any atom is 0.411 e. The van der Waals surface area contributed by atoms with Gasteiger partial charge >= 0.3 is 12.1 Å². The summed E-state index contributed by atoms with van der Waals surface area (Å²) in [5.74, 6) is -1.84. The molecule has 0 saturated carbocycles. The Balaban J connectivity index is 3.25. The lowest BCUT2D eigenvalue weighted by Crippen LogP contribution is -2.42. The Morgan fingerprint density at radius 2 is 2.00 bits per heavy atom. The maximum atomic E-state index is 13.5. The Labute approximate surface area is 137 Å². The lowest BCUT2D eigenvalue weighted by atomic mass is 10.1. The van der Waals surface area contributed by atoms with Gasteiger partial charge in [0.1, 0.15) is 11.4 Å². The number of carboxylic acid groups (broad SMARTS) is 1. The Morgan fingerprint density at radius 3 is 2.45 bits per heavy atom. The fraction of sp³-hybridized carbons (Fsp3) is 0.467. The molecule has 7 heteroatoms. The van der Waals surface area contributed by atoms with Crippen LogP contribution < -0.4 is 0 Å². The number of hydrogen-bond donors (Lipinski definition) is 1. The molecule has 1 N–H and O–H groups in total. The summed E-state index contributed by atoms with van der Waals surface area (Å²) in [7, 11) is 0. The Bertz CT molecular complexity index is 571. The van der Waals surface area contributed by atoms with Gasteiger partial charge in [0.05, 0.1) is 0 Å². The largest absolute Gasteiger partial charge is 0.479 e. The molecule has 1 rings (SSSR count). The normalized spacial score (nSPS) is 12.6. The number of carbonyl (C=O) groups is 2. The number of likely N-dealkylation sites (N-methyl/N-ethyl adjacent to an activating group) is 1. The molecular weight excluding hydrogens is 357 g/mol. The van der Waals surface area contributed by atoms with E-state index >= 15 is 0 Å². The average Bonchev–Trinajstić information content (AvgIpc) is 2.36. The molecule has 1 amide bonds. The molecule has 1 aromatic rings. The minimum Gasteiger partial charge on any atom is -0.479 e. The van der Waals surface area contributed by atoms with E-state index in [-0.39, 0.29) is 12.1 Å². The average molecular weight is 376 g/mol. The number of nitrogens with zero attached hydrogens (tertiary/aromatic N) is 1. The van der Waals surface area contributed by atoms with Crippen LogP contribution in [0, 0.1) is 5.82 Å². The molecule has 0 aliphatic heterocycles. The molecule has 0 bridgehead atoms. The van der Waals surface area contributed by atoms with Gasteiger partial charge in [0.25, 0.3) is 0 Å². The van der Waals surface area contributed by atoms with Gasteiger partial charge in [-0.05, 0) is 45.9 Å². The molecule has 5 nitrogen and oxygen atoms in total. The third-order valence-corrected chi connectivity index (χ3v) is 3.49. The van der Waals surface area contributed by atoms with E-state index in [2.05, 4.69) is 15.9 Å². The Hall–Kier alpha value is -1.63. The molecule has 0 aliphatic carbocycles. The first-order valence-corrected chi connectivity index (χ1v) is 7.53. The number of carboxylic acids is 1. The second kappa shape index (κ2) is 7.09. The molecule has 0 aromatic heterocycles. The maximum absolute atomic E-state index is 13.5. The lowest BCUT2D eigenvalue weighted by molar-refractivity contribution is -0.143. The van der Waals surface area contributed by atoms with E-state index < -0.39 is 29.5 Å². The number of halogens is 2. The summed E-state index contributed by atoms with van der Waals surface area (Å²) < 4.78 is 19.1. The SMILES string of the molecule is CCN(C(=O)OC(C)(C)C)C(C(=O)O)c1cc(F)ccc1Br. The topological polar surface area (TPSA) is 66.8 Å². The van der Waals surface area contributed by atoms with Gasteiger partial charge in [0.15, 0.2) is 6.04 Å². The van der Waals surface area contributed by atoms with Crippen LogP contribution in [0.15, 0.2) is 22.7 Å². The highest BCUT2D eigenvalue weighted by Crippen LogP contribution is 2.30. The van der Waals surface area contributed by atoms with Gasteiger partial charge in [-0.1, -0.05) is 15.9 Å².